The minimum Gasteiger partial charge on any atom is -0.421 e. The van der Waals surface area contributed by atoms with E-state index in [-0.39, 0.29) is 61.4 Å². The van der Waals surface area contributed by atoms with Gasteiger partial charge in [0.2, 0.25) is 0 Å². The highest BCUT2D eigenvalue weighted by Crippen LogP contribution is 2.48. The van der Waals surface area contributed by atoms with Crippen molar-refractivity contribution >= 4 is 112 Å². The van der Waals surface area contributed by atoms with Crippen LogP contribution >= 0.6 is 0 Å². The quantitative estimate of drug-likeness (QED) is 0.0543. The van der Waals surface area contributed by atoms with Crippen molar-refractivity contribution in [1.29, 1.82) is 0 Å². The number of halogens is 3. The van der Waals surface area contributed by atoms with Crippen LogP contribution in [0.4, 0.5) is 53.2 Å². The molecular formula is C62H51F3N24O3. The van der Waals surface area contributed by atoms with Gasteiger partial charge in [0.25, 0.3) is 0 Å². The van der Waals surface area contributed by atoms with Crippen molar-refractivity contribution in [3.05, 3.63) is 125 Å². The van der Waals surface area contributed by atoms with Gasteiger partial charge >= 0.3 is 18.0 Å². The van der Waals surface area contributed by atoms with Gasteiger partial charge in [0.05, 0.1) is 99.2 Å². The minimum absolute atomic E-state index is 0.0107. The van der Waals surface area contributed by atoms with Crippen LogP contribution in [0.5, 0.6) is 35.3 Å². The van der Waals surface area contributed by atoms with Gasteiger partial charge in [-0.3, -0.25) is 0 Å². The van der Waals surface area contributed by atoms with Crippen molar-refractivity contribution in [3.63, 3.8) is 0 Å². The molecule has 0 radical (unpaired) electrons. The lowest BCUT2D eigenvalue weighted by atomic mass is 9.97. The second-order valence-electron chi connectivity index (χ2n) is 22.9. The topological polar surface area (TPSA) is 344 Å². The van der Waals surface area contributed by atoms with Gasteiger partial charge < -0.3 is 71.7 Å². The summed E-state index contributed by atoms with van der Waals surface area (Å²) in [6, 6.07) is 9.85. The molecule has 13 heterocycles. The van der Waals surface area contributed by atoms with Gasteiger partial charge in [0.1, 0.15) is 63.5 Å². The number of fused-ring (bicyclic) bond motifs is 4. The summed E-state index contributed by atoms with van der Waals surface area (Å²) in [5.74, 6) is 2.05. The molecular weight excluding hydrogens is 1190 g/mol. The van der Waals surface area contributed by atoms with Crippen LogP contribution in [0.15, 0.2) is 78.6 Å². The molecule has 0 saturated carbocycles. The number of rotatable bonds is 12. The number of aliphatic imine (C=N–C) groups is 1. The van der Waals surface area contributed by atoms with E-state index in [0.717, 1.165) is 0 Å². The SMILES string of the molecule is CNc1cc(F)c2c3c1[nH]c1nc(Oc4cnc(C)nc4)nc(c13)-c1ccc(Nc3cc(F)c4c5c3[nH]c3nc(Oc6cnc(C)nc6)nc(c35)N3CC(CNc5cc(F)c6c7c5[nH]c5nc(Oc8cnc(C)nc8)nc(c57)NC(N)=NC6)CC3CNC4)cc1NC2. The van der Waals surface area contributed by atoms with Crippen LogP contribution in [-0.2, 0) is 19.6 Å². The van der Waals surface area contributed by atoms with E-state index in [1.165, 1.54) is 43.0 Å². The van der Waals surface area contributed by atoms with Crippen LogP contribution in [0, 0.1) is 44.1 Å². The Balaban J connectivity index is 0.735. The summed E-state index contributed by atoms with van der Waals surface area (Å²) < 4.78 is 68.7. The van der Waals surface area contributed by atoms with Gasteiger partial charge in [-0.1, -0.05) is 0 Å². The highest BCUT2D eigenvalue weighted by Gasteiger charge is 2.38. The Bertz CT molecular complexity index is 5270. The Morgan fingerprint density at radius 1 is 0.609 bits per heavy atom. The monoisotopic (exact) mass is 1240 g/mol. The zero-order valence-electron chi connectivity index (χ0n) is 49.2. The maximum Gasteiger partial charge on any atom is 0.326 e. The second-order valence-corrected chi connectivity index (χ2v) is 22.9. The highest BCUT2D eigenvalue weighted by atomic mass is 19.1. The molecule has 30 heteroatoms. The predicted molar refractivity (Wildman–Crippen MR) is 339 cm³/mol. The Kier molecular flexibility index (Phi) is 12.3. The van der Waals surface area contributed by atoms with Crippen molar-refractivity contribution in [2.75, 3.05) is 58.2 Å². The van der Waals surface area contributed by atoms with Crippen molar-refractivity contribution < 1.29 is 27.4 Å². The lowest BCUT2D eigenvalue weighted by Crippen LogP contribution is -2.38. The molecule has 1 saturated heterocycles. The Morgan fingerprint density at radius 2 is 1.16 bits per heavy atom. The smallest absolute Gasteiger partial charge is 0.326 e. The van der Waals surface area contributed by atoms with E-state index in [2.05, 4.69) is 91.6 Å². The van der Waals surface area contributed by atoms with E-state index < -0.39 is 17.5 Å². The molecule has 4 aliphatic rings. The Morgan fingerprint density at radius 3 is 1.84 bits per heavy atom. The first-order valence-corrected chi connectivity index (χ1v) is 29.5. The van der Waals surface area contributed by atoms with E-state index in [1.54, 1.807) is 40.2 Å². The number of aromatic nitrogens is 15. The van der Waals surface area contributed by atoms with Gasteiger partial charge in [-0.25, -0.2) is 48.1 Å². The number of H-pyrrole nitrogens is 3. The number of benzene rings is 4. The van der Waals surface area contributed by atoms with E-state index in [4.69, 9.17) is 44.9 Å². The van der Waals surface area contributed by atoms with Crippen molar-refractivity contribution in [1.82, 2.24) is 80.1 Å². The third kappa shape index (κ3) is 9.10. The molecule has 2 atom stereocenters. The summed E-state index contributed by atoms with van der Waals surface area (Å²) in [5.41, 5.74) is 14.1. The first kappa shape index (κ1) is 54.3. The fraction of sp³-hybridized carbons (Fsp3) is 0.210. The number of aryl methyl sites for hydroxylation is 3. The summed E-state index contributed by atoms with van der Waals surface area (Å²) in [5, 5.41) is 23.8. The first-order valence-electron chi connectivity index (χ1n) is 29.5. The van der Waals surface area contributed by atoms with E-state index in [0.29, 0.717) is 189 Å². The number of nitrogens with one attached hydrogen (secondary N) is 9. The predicted octanol–water partition coefficient (Wildman–Crippen LogP) is 10.1. The first-order chi connectivity index (χ1) is 44.8. The van der Waals surface area contributed by atoms with Crippen LogP contribution in [0.3, 0.4) is 0 Å². The van der Waals surface area contributed by atoms with Crippen LogP contribution < -0.4 is 56.7 Å². The van der Waals surface area contributed by atoms with Crippen LogP contribution in [-0.4, -0.2) is 113 Å². The van der Waals surface area contributed by atoms with Crippen molar-refractivity contribution in [2.45, 2.75) is 52.9 Å². The van der Waals surface area contributed by atoms with Crippen molar-refractivity contribution in [3.8, 4) is 46.5 Å². The molecule has 0 bridgehead atoms. The average Bonchev–Trinajstić information content (AvgIpc) is 1.56. The zero-order chi connectivity index (χ0) is 62.2. The number of hydrogen-bond donors (Lipinski definition) is 10. The lowest BCUT2D eigenvalue weighted by Gasteiger charge is -2.26. The zero-order valence-corrected chi connectivity index (χ0v) is 49.2. The molecule has 2 unspecified atom stereocenters. The van der Waals surface area contributed by atoms with Gasteiger partial charge in [-0.2, -0.15) is 29.9 Å². The van der Waals surface area contributed by atoms with E-state index in [9.17, 15) is 0 Å². The van der Waals surface area contributed by atoms with Crippen LogP contribution in [0.2, 0.25) is 0 Å². The molecule has 17 rings (SSSR count). The summed E-state index contributed by atoms with van der Waals surface area (Å²) in [7, 11) is 1.73. The van der Waals surface area contributed by atoms with E-state index in [1.807, 2.05) is 18.2 Å². The molecule has 0 amide bonds. The summed E-state index contributed by atoms with van der Waals surface area (Å²) in [6.45, 7) is 6.89. The number of aromatic amines is 3. The molecule has 4 aliphatic heterocycles. The van der Waals surface area contributed by atoms with Gasteiger partial charge in [0.15, 0.2) is 23.2 Å². The number of nitrogens with two attached hydrogens (primary N) is 1. The molecule has 27 nitrogen and oxygen atoms in total. The third-order valence-corrected chi connectivity index (χ3v) is 17.1. The van der Waals surface area contributed by atoms with Gasteiger partial charge in [-0.15, -0.1) is 0 Å². The molecule has 4 aromatic carbocycles. The normalized spacial score (nSPS) is 15.8. The third-order valence-electron chi connectivity index (χ3n) is 17.1. The number of ether oxygens (including phenoxy) is 3. The Labute approximate surface area is 516 Å². The molecule has 11 N–H and O–H groups in total. The number of hydrogen-bond acceptors (Lipinski definition) is 24. The molecule has 0 aliphatic carbocycles. The highest BCUT2D eigenvalue weighted by molar-refractivity contribution is 6.20. The minimum atomic E-state index is -0.489. The maximum atomic E-state index is 17.3. The molecule has 92 heavy (non-hydrogen) atoms. The molecule has 458 valence electrons. The second kappa shape index (κ2) is 20.9. The van der Waals surface area contributed by atoms with Crippen LogP contribution in [0.1, 0.15) is 40.6 Å². The van der Waals surface area contributed by atoms with E-state index >= 15 is 13.2 Å². The molecule has 9 aromatic heterocycles. The number of anilines is 7. The fourth-order valence-corrected chi connectivity index (χ4v) is 13.0. The number of nitrogens with zero attached hydrogens (tertiary/aromatic N) is 14. The van der Waals surface area contributed by atoms with Crippen molar-refractivity contribution in [2.24, 2.45) is 16.6 Å². The molecule has 13 aromatic rings. The van der Waals surface area contributed by atoms with Gasteiger partial charge in [-0.05, 0) is 69.5 Å². The average molecular weight is 1240 g/mol. The Hall–Kier alpha value is -11.8. The van der Waals surface area contributed by atoms with Crippen LogP contribution in [0.25, 0.3) is 77.1 Å². The number of guanidine groups is 1. The standard InChI is InChI=1S/C62H51F3N24O3/c1-24-69-14-30(15-70-24)90-60-82-50-33-6-5-28(8-40(33)76-21-35-37(63)9-41(67-4)51-44(35)47(50)54(79-51)84-60)78-43-11-39(65)34-20-68-13-29-7-27(23-89(29)58-49-46(34)53(43)81-57(49)87-62(88-58)92-32-18-73-26(3)74-19-32)12-75-42-10-38(64)36-22-77-59(66)83-56-48-45(36)52(42)80-55(48)85-61(86-56)91-31-16-71-25(2)72-17-31/h5-6,8-11,14-19,27,29,67-68,75-76,78H,7,12-13,20-23H2,1-4H3,(H,79,82,84)(H,81,87,88)(H4,66,77,80,83,85,86). The molecule has 0 spiro atoms. The largest absolute Gasteiger partial charge is 0.421 e. The summed E-state index contributed by atoms with van der Waals surface area (Å²) in [6.07, 6.45) is 9.87. The van der Waals surface area contributed by atoms with Gasteiger partial charge in [0, 0.05) is 95.6 Å². The maximum absolute atomic E-state index is 17.3. The fourth-order valence-electron chi connectivity index (χ4n) is 13.0. The summed E-state index contributed by atoms with van der Waals surface area (Å²) in [4.78, 5) is 71.8. The lowest BCUT2D eigenvalue weighted by molar-refractivity contribution is 0.438. The molecule has 1 fully saturated rings. The summed E-state index contributed by atoms with van der Waals surface area (Å²) >= 11 is 0.